The number of methoxy groups -OCH3 is 1. The molecule has 1 aliphatic carbocycles. The van der Waals surface area contributed by atoms with Crippen LogP contribution in [0.3, 0.4) is 0 Å². The number of aliphatic hydroxyl groups is 1. The van der Waals surface area contributed by atoms with Crippen molar-refractivity contribution < 1.29 is 14.6 Å². The van der Waals surface area contributed by atoms with Crippen LogP contribution in [-0.2, 0) is 0 Å². The zero-order valence-corrected chi connectivity index (χ0v) is 11.8. The highest BCUT2D eigenvalue weighted by molar-refractivity contribution is 5.31. The first-order valence-electron chi connectivity index (χ1n) is 6.69. The maximum Gasteiger partial charge on any atom is 0.119 e. The van der Waals surface area contributed by atoms with Gasteiger partial charge in [-0.25, -0.2) is 0 Å². The molecule has 0 amide bonds. The second-order valence-electron chi connectivity index (χ2n) is 5.79. The lowest BCUT2D eigenvalue weighted by atomic mass is 10.2. The second kappa shape index (κ2) is 5.80. The summed E-state index contributed by atoms with van der Waals surface area (Å²) in [5.74, 6) is 1.54. The standard InChI is InChI=1S/C15H23NO3/c1-15(2)8-14(15)16-9-11(17)10-19-13-6-4-12(18-3)5-7-13/h4-7,11,14,16-17H,8-10H2,1-3H3. The van der Waals surface area contributed by atoms with Gasteiger partial charge in [0.15, 0.2) is 0 Å². The summed E-state index contributed by atoms with van der Waals surface area (Å²) in [4.78, 5) is 0. The molecule has 1 fully saturated rings. The Morgan fingerprint density at radius 2 is 1.89 bits per heavy atom. The van der Waals surface area contributed by atoms with E-state index in [1.807, 2.05) is 24.3 Å². The maximum atomic E-state index is 9.85. The van der Waals surface area contributed by atoms with E-state index in [1.165, 1.54) is 6.42 Å². The molecule has 0 heterocycles. The minimum Gasteiger partial charge on any atom is -0.497 e. The van der Waals surface area contributed by atoms with Gasteiger partial charge in [0.1, 0.15) is 24.2 Å². The van der Waals surface area contributed by atoms with E-state index in [1.54, 1.807) is 7.11 Å². The fraction of sp³-hybridized carbons (Fsp3) is 0.600. The normalized spacial score (nSPS) is 21.8. The van der Waals surface area contributed by atoms with Gasteiger partial charge in [-0.15, -0.1) is 0 Å². The van der Waals surface area contributed by atoms with Crippen LogP contribution in [0.2, 0.25) is 0 Å². The minimum atomic E-state index is -0.487. The van der Waals surface area contributed by atoms with E-state index in [9.17, 15) is 5.11 Å². The zero-order valence-electron chi connectivity index (χ0n) is 11.8. The number of rotatable bonds is 7. The molecule has 0 bridgehead atoms. The van der Waals surface area contributed by atoms with Crippen molar-refractivity contribution in [2.75, 3.05) is 20.3 Å². The van der Waals surface area contributed by atoms with Gasteiger partial charge in [-0.1, -0.05) is 13.8 Å². The minimum absolute atomic E-state index is 0.298. The average molecular weight is 265 g/mol. The third-order valence-electron chi connectivity index (χ3n) is 3.62. The molecule has 0 aromatic heterocycles. The highest BCUT2D eigenvalue weighted by Crippen LogP contribution is 2.44. The summed E-state index contributed by atoms with van der Waals surface area (Å²) in [5.41, 5.74) is 0.385. The molecule has 0 saturated heterocycles. The molecule has 1 saturated carbocycles. The van der Waals surface area contributed by atoms with Crippen molar-refractivity contribution >= 4 is 0 Å². The van der Waals surface area contributed by atoms with Gasteiger partial charge in [0.2, 0.25) is 0 Å². The topological polar surface area (TPSA) is 50.7 Å². The van der Waals surface area contributed by atoms with Gasteiger partial charge in [-0.05, 0) is 36.1 Å². The smallest absolute Gasteiger partial charge is 0.119 e. The van der Waals surface area contributed by atoms with Crippen LogP contribution < -0.4 is 14.8 Å². The van der Waals surface area contributed by atoms with Crippen LogP contribution >= 0.6 is 0 Å². The van der Waals surface area contributed by atoms with Crippen LogP contribution in [0, 0.1) is 5.41 Å². The number of aliphatic hydroxyl groups excluding tert-OH is 1. The summed E-state index contributed by atoms with van der Waals surface area (Å²) in [5, 5.41) is 13.2. The third-order valence-corrected chi connectivity index (χ3v) is 3.62. The van der Waals surface area contributed by atoms with Gasteiger partial charge in [0.05, 0.1) is 7.11 Å². The monoisotopic (exact) mass is 265 g/mol. The molecule has 2 rings (SSSR count). The molecule has 19 heavy (non-hydrogen) atoms. The van der Waals surface area contributed by atoms with Crippen molar-refractivity contribution in [1.29, 1.82) is 0 Å². The Labute approximate surface area is 114 Å². The second-order valence-corrected chi connectivity index (χ2v) is 5.79. The van der Waals surface area contributed by atoms with E-state index in [0.717, 1.165) is 11.5 Å². The Morgan fingerprint density at radius 3 is 2.42 bits per heavy atom. The van der Waals surface area contributed by atoms with Gasteiger partial charge < -0.3 is 19.9 Å². The molecule has 4 heteroatoms. The van der Waals surface area contributed by atoms with Crippen molar-refractivity contribution in [3.8, 4) is 11.5 Å². The van der Waals surface area contributed by atoms with Crippen molar-refractivity contribution in [2.45, 2.75) is 32.4 Å². The van der Waals surface area contributed by atoms with E-state index in [-0.39, 0.29) is 0 Å². The van der Waals surface area contributed by atoms with Crippen molar-refractivity contribution in [2.24, 2.45) is 5.41 Å². The summed E-state index contributed by atoms with van der Waals surface area (Å²) >= 11 is 0. The predicted molar refractivity (Wildman–Crippen MR) is 74.7 cm³/mol. The Bertz CT molecular complexity index is 402. The van der Waals surface area contributed by atoms with Crippen molar-refractivity contribution in [3.05, 3.63) is 24.3 Å². The molecule has 106 valence electrons. The molecule has 0 spiro atoms. The summed E-state index contributed by atoms with van der Waals surface area (Å²) in [6.07, 6.45) is 0.692. The largest absolute Gasteiger partial charge is 0.497 e. The summed E-state index contributed by atoms with van der Waals surface area (Å²) in [6.45, 7) is 5.33. The van der Waals surface area contributed by atoms with Crippen LogP contribution in [0.1, 0.15) is 20.3 Å². The maximum absolute atomic E-state index is 9.85. The number of hydrogen-bond donors (Lipinski definition) is 2. The molecular weight excluding hydrogens is 242 g/mol. The van der Waals surface area contributed by atoms with Gasteiger partial charge in [-0.3, -0.25) is 0 Å². The lowest BCUT2D eigenvalue weighted by Crippen LogP contribution is -2.34. The molecule has 0 radical (unpaired) electrons. The number of nitrogens with one attached hydrogen (secondary N) is 1. The Hall–Kier alpha value is -1.26. The lowest BCUT2D eigenvalue weighted by Gasteiger charge is -2.14. The average Bonchev–Trinajstić information content (AvgIpc) is 3.02. The van der Waals surface area contributed by atoms with Gasteiger partial charge >= 0.3 is 0 Å². The van der Waals surface area contributed by atoms with Gasteiger partial charge in [0.25, 0.3) is 0 Å². The molecular formula is C15H23NO3. The lowest BCUT2D eigenvalue weighted by molar-refractivity contribution is 0.105. The SMILES string of the molecule is COc1ccc(OCC(O)CNC2CC2(C)C)cc1. The summed E-state index contributed by atoms with van der Waals surface area (Å²) in [7, 11) is 1.63. The molecule has 1 aliphatic rings. The van der Waals surface area contributed by atoms with E-state index in [2.05, 4.69) is 19.2 Å². The first kappa shape index (κ1) is 14.2. The fourth-order valence-corrected chi connectivity index (χ4v) is 2.02. The van der Waals surface area contributed by atoms with Crippen LogP contribution in [0.4, 0.5) is 0 Å². The molecule has 2 unspecified atom stereocenters. The molecule has 0 aliphatic heterocycles. The quantitative estimate of drug-likeness (QED) is 0.789. The molecule has 1 aromatic carbocycles. The van der Waals surface area contributed by atoms with Crippen LogP contribution in [0.25, 0.3) is 0 Å². The van der Waals surface area contributed by atoms with Gasteiger partial charge in [0, 0.05) is 12.6 Å². The molecule has 1 aromatic rings. The van der Waals surface area contributed by atoms with Crippen LogP contribution in [0.5, 0.6) is 11.5 Å². The van der Waals surface area contributed by atoms with Crippen LogP contribution in [-0.4, -0.2) is 37.5 Å². The zero-order chi connectivity index (χ0) is 13.9. The van der Waals surface area contributed by atoms with Crippen molar-refractivity contribution in [1.82, 2.24) is 5.32 Å². The fourth-order valence-electron chi connectivity index (χ4n) is 2.02. The Morgan fingerprint density at radius 1 is 1.32 bits per heavy atom. The van der Waals surface area contributed by atoms with Crippen LogP contribution in [0.15, 0.2) is 24.3 Å². The van der Waals surface area contributed by atoms with E-state index >= 15 is 0 Å². The predicted octanol–water partition coefficient (Wildman–Crippen LogP) is 1.82. The van der Waals surface area contributed by atoms with Crippen molar-refractivity contribution in [3.63, 3.8) is 0 Å². The Kier molecular flexibility index (Phi) is 4.32. The highest BCUT2D eigenvalue weighted by Gasteiger charge is 2.45. The van der Waals surface area contributed by atoms with E-state index in [4.69, 9.17) is 9.47 Å². The number of ether oxygens (including phenoxy) is 2. The van der Waals surface area contributed by atoms with E-state index in [0.29, 0.717) is 24.6 Å². The first-order chi connectivity index (χ1) is 9.01. The summed E-state index contributed by atoms with van der Waals surface area (Å²) < 4.78 is 10.6. The van der Waals surface area contributed by atoms with E-state index < -0.39 is 6.10 Å². The third kappa shape index (κ3) is 4.11. The Balaban J connectivity index is 1.66. The molecule has 2 atom stereocenters. The first-order valence-corrected chi connectivity index (χ1v) is 6.69. The highest BCUT2D eigenvalue weighted by atomic mass is 16.5. The molecule has 4 nitrogen and oxygen atoms in total. The number of benzene rings is 1. The van der Waals surface area contributed by atoms with Gasteiger partial charge in [-0.2, -0.15) is 0 Å². The number of hydrogen-bond acceptors (Lipinski definition) is 4. The summed E-state index contributed by atoms with van der Waals surface area (Å²) in [6, 6.07) is 7.88. The molecule has 2 N–H and O–H groups in total.